The zero-order valence-corrected chi connectivity index (χ0v) is 10.0. The number of hydrogen-bond acceptors (Lipinski definition) is 3. The Bertz CT molecular complexity index is 268. The number of carbonyl (C=O) groups is 2. The smallest absolute Gasteiger partial charge is 0.309 e. The van der Waals surface area contributed by atoms with Crippen molar-refractivity contribution in [2.75, 3.05) is 6.61 Å². The van der Waals surface area contributed by atoms with Crippen LogP contribution in [0.2, 0.25) is 0 Å². The lowest BCUT2D eigenvalue weighted by Gasteiger charge is -2.41. The number of carbonyl (C=O) groups excluding carboxylic acids is 2. The molecule has 1 saturated carbocycles. The number of hydrogen-bond donors (Lipinski definition) is 0. The van der Waals surface area contributed by atoms with Crippen molar-refractivity contribution in [2.24, 2.45) is 17.3 Å². The zero-order chi connectivity index (χ0) is 11.6. The van der Waals surface area contributed by atoms with Gasteiger partial charge in [-0.3, -0.25) is 9.59 Å². The van der Waals surface area contributed by atoms with Crippen LogP contribution in [0.15, 0.2) is 0 Å². The van der Waals surface area contributed by atoms with Gasteiger partial charge in [0.1, 0.15) is 5.78 Å². The molecule has 0 radical (unpaired) electrons. The standard InChI is InChI=1S/C12H20O3/c1-5-15-11(14)9-6-7-10(13)8(2)12(9,3)4/h8-9H,5-7H2,1-4H3. The van der Waals surface area contributed by atoms with Crippen LogP contribution in [0.4, 0.5) is 0 Å². The molecule has 86 valence electrons. The summed E-state index contributed by atoms with van der Waals surface area (Å²) in [7, 11) is 0. The summed E-state index contributed by atoms with van der Waals surface area (Å²) in [6.45, 7) is 8.09. The first-order valence-corrected chi connectivity index (χ1v) is 5.60. The van der Waals surface area contributed by atoms with Crippen molar-refractivity contribution in [1.29, 1.82) is 0 Å². The van der Waals surface area contributed by atoms with Crippen LogP contribution >= 0.6 is 0 Å². The minimum Gasteiger partial charge on any atom is -0.466 e. The van der Waals surface area contributed by atoms with Gasteiger partial charge < -0.3 is 4.74 Å². The van der Waals surface area contributed by atoms with Crippen molar-refractivity contribution in [2.45, 2.75) is 40.5 Å². The molecule has 2 atom stereocenters. The highest BCUT2D eigenvalue weighted by atomic mass is 16.5. The molecule has 1 aliphatic carbocycles. The topological polar surface area (TPSA) is 43.4 Å². The second kappa shape index (κ2) is 4.33. The van der Waals surface area contributed by atoms with Gasteiger partial charge >= 0.3 is 5.97 Å². The fraction of sp³-hybridized carbons (Fsp3) is 0.833. The maximum atomic E-state index is 11.7. The minimum atomic E-state index is -0.276. The molecule has 0 N–H and O–H groups in total. The Labute approximate surface area is 91.2 Å². The lowest BCUT2D eigenvalue weighted by atomic mass is 9.62. The first-order valence-electron chi connectivity index (χ1n) is 5.60. The molecule has 15 heavy (non-hydrogen) atoms. The Morgan fingerprint density at radius 1 is 1.53 bits per heavy atom. The first kappa shape index (κ1) is 12.2. The zero-order valence-electron chi connectivity index (χ0n) is 10.0. The molecule has 0 aromatic carbocycles. The summed E-state index contributed by atoms with van der Waals surface area (Å²) in [5.41, 5.74) is -0.276. The van der Waals surface area contributed by atoms with E-state index in [2.05, 4.69) is 0 Å². The van der Waals surface area contributed by atoms with E-state index in [1.54, 1.807) is 0 Å². The Morgan fingerprint density at radius 3 is 2.67 bits per heavy atom. The lowest BCUT2D eigenvalue weighted by Crippen LogP contribution is -2.44. The van der Waals surface area contributed by atoms with Crippen LogP contribution in [-0.4, -0.2) is 18.4 Å². The second-order valence-electron chi connectivity index (χ2n) is 4.85. The van der Waals surface area contributed by atoms with Crippen molar-refractivity contribution in [3.63, 3.8) is 0 Å². The normalized spacial score (nSPS) is 30.0. The van der Waals surface area contributed by atoms with Crippen LogP contribution < -0.4 is 0 Å². The van der Waals surface area contributed by atoms with E-state index < -0.39 is 0 Å². The summed E-state index contributed by atoms with van der Waals surface area (Å²) in [6.07, 6.45) is 1.14. The van der Waals surface area contributed by atoms with Crippen LogP contribution in [0.3, 0.4) is 0 Å². The third kappa shape index (κ3) is 2.21. The third-order valence-electron chi connectivity index (χ3n) is 3.75. The Hall–Kier alpha value is -0.860. The van der Waals surface area contributed by atoms with E-state index in [9.17, 15) is 9.59 Å². The molecular formula is C12H20O3. The van der Waals surface area contributed by atoms with E-state index >= 15 is 0 Å². The van der Waals surface area contributed by atoms with Gasteiger partial charge in [0.2, 0.25) is 0 Å². The molecule has 1 aliphatic rings. The van der Waals surface area contributed by atoms with Gasteiger partial charge in [-0.05, 0) is 18.8 Å². The Balaban J connectivity index is 2.82. The SMILES string of the molecule is CCOC(=O)C1CCC(=O)C(C)C1(C)C. The fourth-order valence-corrected chi connectivity index (χ4v) is 2.26. The summed E-state index contributed by atoms with van der Waals surface area (Å²) in [5, 5.41) is 0. The van der Waals surface area contributed by atoms with Gasteiger partial charge in [0.15, 0.2) is 0 Å². The van der Waals surface area contributed by atoms with E-state index in [1.807, 2.05) is 27.7 Å². The van der Waals surface area contributed by atoms with Crippen molar-refractivity contribution in [3.8, 4) is 0 Å². The van der Waals surface area contributed by atoms with Crippen molar-refractivity contribution < 1.29 is 14.3 Å². The summed E-state index contributed by atoms with van der Waals surface area (Å²) >= 11 is 0. The minimum absolute atomic E-state index is 0.0549. The highest BCUT2D eigenvalue weighted by molar-refractivity contribution is 5.85. The molecule has 0 spiro atoms. The molecule has 0 aliphatic heterocycles. The average Bonchev–Trinajstić information content (AvgIpc) is 2.14. The van der Waals surface area contributed by atoms with Gasteiger partial charge in [-0.15, -0.1) is 0 Å². The number of ketones is 1. The van der Waals surface area contributed by atoms with Crippen LogP contribution in [0.1, 0.15) is 40.5 Å². The van der Waals surface area contributed by atoms with Crippen LogP contribution in [0.5, 0.6) is 0 Å². The number of rotatable bonds is 2. The predicted molar refractivity (Wildman–Crippen MR) is 57.3 cm³/mol. The van der Waals surface area contributed by atoms with Crippen LogP contribution in [0, 0.1) is 17.3 Å². The summed E-state index contributed by atoms with van der Waals surface area (Å²) in [4.78, 5) is 23.3. The van der Waals surface area contributed by atoms with E-state index in [-0.39, 0.29) is 29.0 Å². The van der Waals surface area contributed by atoms with Crippen LogP contribution in [-0.2, 0) is 14.3 Å². The highest BCUT2D eigenvalue weighted by Crippen LogP contribution is 2.43. The second-order valence-corrected chi connectivity index (χ2v) is 4.85. The number of Topliss-reactive ketones (excluding diaryl/α,β-unsaturated/α-hetero) is 1. The summed E-state index contributed by atoms with van der Waals surface area (Å²) in [6, 6.07) is 0. The average molecular weight is 212 g/mol. The molecular weight excluding hydrogens is 192 g/mol. The van der Waals surface area contributed by atoms with Crippen molar-refractivity contribution in [1.82, 2.24) is 0 Å². The predicted octanol–water partition coefficient (Wildman–Crippen LogP) is 2.19. The van der Waals surface area contributed by atoms with Gasteiger partial charge in [0.05, 0.1) is 12.5 Å². The molecule has 0 bridgehead atoms. The van der Waals surface area contributed by atoms with Crippen LogP contribution in [0.25, 0.3) is 0 Å². The maximum Gasteiger partial charge on any atom is 0.309 e. The lowest BCUT2D eigenvalue weighted by molar-refractivity contribution is -0.158. The quantitative estimate of drug-likeness (QED) is 0.659. The Morgan fingerprint density at radius 2 is 2.13 bits per heavy atom. The number of esters is 1. The highest BCUT2D eigenvalue weighted by Gasteiger charge is 2.46. The molecule has 0 amide bonds. The maximum absolute atomic E-state index is 11.7. The first-order chi connectivity index (χ1) is 6.91. The molecule has 3 heteroatoms. The fourth-order valence-electron chi connectivity index (χ4n) is 2.26. The van der Waals surface area contributed by atoms with Crippen molar-refractivity contribution in [3.05, 3.63) is 0 Å². The molecule has 1 rings (SSSR count). The largest absolute Gasteiger partial charge is 0.466 e. The summed E-state index contributed by atoms with van der Waals surface area (Å²) < 4.78 is 5.05. The summed E-state index contributed by atoms with van der Waals surface area (Å²) in [5.74, 6) is -0.0757. The van der Waals surface area contributed by atoms with Gasteiger partial charge in [-0.25, -0.2) is 0 Å². The van der Waals surface area contributed by atoms with Gasteiger partial charge in [-0.2, -0.15) is 0 Å². The molecule has 3 nitrogen and oxygen atoms in total. The third-order valence-corrected chi connectivity index (χ3v) is 3.75. The van der Waals surface area contributed by atoms with Crippen molar-refractivity contribution >= 4 is 11.8 Å². The molecule has 0 aromatic rings. The van der Waals surface area contributed by atoms with E-state index in [0.717, 1.165) is 0 Å². The molecule has 0 saturated heterocycles. The monoisotopic (exact) mass is 212 g/mol. The van der Waals surface area contributed by atoms with Gasteiger partial charge in [0, 0.05) is 12.3 Å². The van der Waals surface area contributed by atoms with E-state index in [1.165, 1.54) is 0 Å². The molecule has 2 unspecified atom stereocenters. The van der Waals surface area contributed by atoms with E-state index in [4.69, 9.17) is 4.74 Å². The number of ether oxygens (including phenoxy) is 1. The molecule has 0 heterocycles. The van der Waals surface area contributed by atoms with Gasteiger partial charge in [0.25, 0.3) is 0 Å². The van der Waals surface area contributed by atoms with Gasteiger partial charge in [-0.1, -0.05) is 20.8 Å². The molecule has 0 aromatic heterocycles. The Kier molecular flexibility index (Phi) is 3.53. The van der Waals surface area contributed by atoms with E-state index in [0.29, 0.717) is 19.4 Å². The molecule has 1 fully saturated rings.